The van der Waals surface area contributed by atoms with E-state index in [1.807, 2.05) is 53.2 Å². The number of carbonyl (C=O) groups is 1. The van der Waals surface area contributed by atoms with Crippen LogP contribution in [0.3, 0.4) is 0 Å². The van der Waals surface area contributed by atoms with Gasteiger partial charge in [-0.05, 0) is 11.4 Å². The van der Waals surface area contributed by atoms with Crippen LogP contribution in [0.1, 0.15) is 20.9 Å². The van der Waals surface area contributed by atoms with Gasteiger partial charge in [0.1, 0.15) is 10.6 Å². The summed E-state index contributed by atoms with van der Waals surface area (Å²) in [4.78, 5) is 45.0. The van der Waals surface area contributed by atoms with Crippen LogP contribution < -0.4 is 16.6 Å². The molecule has 2 N–H and O–H groups in total. The van der Waals surface area contributed by atoms with Gasteiger partial charge in [0.25, 0.3) is 11.5 Å². The number of thiophene rings is 1. The maximum Gasteiger partial charge on any atom is 0.328 e. The molecular formula is C20H16N4O3S2. The molecule has 0 saturated heterocycles. The summed E-state index contributed by atoms with van der Waals surface area (Å²) in [7, 11) is 0. The van der Waals surface area contributed by atoms with Gasteiger partial charge in [-0.3, -0.25) is 14.2 Å². The molecule has 0 saturated carbocycles. The number of thiazole rings is 1. The topological polar surface area (TPSA) is 96.8 Å². The standard InChI is InChI=1S/C20H16N4O3S2/c25-17(21-9-14-12-29-18(23-14)13-5-2-1-3-6-13)16-10-22-20(27)24(19(16)26)11-15-7-4-8-28-15/h1-8,10,12H,9,11H2,(H,21,25)(H,22,27). The Labute approximate surface area is 173 Å². The Morgan fingerprint density at radius 2 is 1.93 bits per heavy atom. The van der Waals surface area contributed by atoms with Crippen LogP contribution >= 0.6 is 22.7 Å². The van der Waals surface area contributed by atoms with E-state index in [9.17, 15) is 14.4 Å². The van der Waals surface area contributed by atoms with Crippen molar-refractivity contribution in [3.63, 3.8) is 0 Å². The van der Waals surface area contributed by atoms with Gasteiger partial charge in [-0.25, -0.2) is 9.78 Å². The average molecular weight is 425 g/mol. The van der Waals surface area contributed by atoms with Crippen molar-refractivity contribution in [1.29, 1.82) is 0 Å². The molecule has 7 nitrogen and oxygen atoms in total. The minimum absolute atomic E-state index is 0.111. The summed E-state index contributed by atoms with van der Waals surface area (Å²) in [5.41, 5.74) is 0.423. The summed E-state index contributed by atoms with van der Waals surface area (Å²) in [5.74, 6) is -0.555. The number of amides is 1. The van der Waals surface area contributed by atoms with Crippen LogP contribution in [0.2, 0.25) is 0 Å². The molecule has 1 aromatic carbocycles. The quantitative estimate of drug-likeness (QED) is 0.497. The highest BCUT2D eigenvalue weighted by molar-refractivity contribution is 7.13. The van der Waals surface area contributed by atoms with Gasteiger partial charge in [0.05, 0.1) is 18.8 Å². The zero-order chi connectivity index (χ0) is 20.2. The van der Waals surface area contributed by atoms with E-state index in [1.54, 1.807) is 0 Å². The van der Waals surface area contributed by atoms with E-state index in [0.29, 0.717) is 5.69 Å². The molecular weight excluding hydrogens is 408 g/mol. The zero-order valence-corrected chi connectivity index (χ0v) is 16.8. The van der Waals surface area contributed by atoms with Crippen molar-refractivity contribution >= 4 is 28.6 Å². The minimum Gasteiger partial charge on any atom is -0.346 e. The molecule has 0 aliphatic heterocycles. The summed E-state index contributed by atoms with van der Waals surface area (Å²) in [5, 5.41) is 7.29. The number of nitrogens with zero attached hydrogens (tertiary/aromatic N) is 2. The second kappa shape index (κ2) is 8.38. The lowest BCUT2D eigenvalue weighted by Gasteiger charge is -2.06. The van der Waals surface area contributed by atoms with Crippen LogP contribution in [-0.2, 0) is 13.1 Å². The maximum atomic E-state index is 12.6. The normalized spacial score (nSPS) is 10.8. The first-order valence-corrected chi connectivity index (χ1v) is 10.5. The Morgan fingerprint density at radius 1 is 1.10 bits per heavy atom. The van der Waals surface area contributed by atoms with Gasteiger partial charge < -0.3 is 10.3 Å². The Morgan fingerprint density at radius 3 is 2.69 bits per heavy atom. The van der Waals surface area contributed by atoms with Crippen LogP contribution in [0.4, 0.5) is 0 Å². The predicted octanol–water partition coefficient (Wildman–Crippen LogP) is 2.70. The van der Waals surface area contributed by atoms with Gasteiger partial charge >= 0.3 is 5.69 Å². The Hall–Kier alpha value is -3.30. The molecule has 0 aliphatic rings. The summed E-state index contributed by atoms with van der Waals surface area (Å²) in [6.07, 6.45) is 1.15. The number of H-pyrrole nitrogens is 1. The molecule has 1 amide bonds. The molecule has 0 fully saturated rings. The fraction of sp³-hybridized carbons (Fsp3) is 0.100. The third-order valence-corrected chi connectivity index (χ3v) is 6.00. The number of aromatic nitrogens is 3. The van der Waals surface area contributed by atoms with Crippen molar-refractivity contribution in [2.75, 3.05) is 0 Å². The number of aromatic amines is 1. The first-order valence-electron chi connectivity index (χ1n) is 8.75. The van der Waals surface area contributed by atoms with Gasteiger partial charge in [0.15, 0.2) is 0 Å². The fourth-order valence-electron chi connectivity index (χ4n) is 2.74. The van der Waals surface area contributed by atoms with E-state index in [4.69, 9.17) is 0 Å². The molecule has 29 heavy (non-hydrogen) atoms. The smallest absolute Gasteiger partial charge is 0.328 e. The Kier molecular flexibility index (Phi) is 5.50. The largest absolute Gasteiger partial charge is 0.346 e. The molecule has 0 spiro atoms. The molecule has 0 unspecified atom stereocenters. The zero-order valence-electron chi connectivity index (χ0n) is 15.1. The van der Waals surface area contributed by atoms with Crippen molar-refractivity contribution in [2.24, 2.45) is 0 Å². The third kappa shape index (κ3) is 4.25. The highest BCUT2D eigenvalue weighted by Crippen LogP contribution is 2.23. The average Bonchev–Trinajstić information content (AvgIpc) is 3.42. The first-order chi connectivity index (χ1) is 14.1. The van der Waals surface area contributed by atoms with E-state index >= 15 is 0 Å². The lowest BCUT2D eigenvalue weighted by atomic mass is 10.2. The van der Waals surface area contributed by atoms with Crippen LogP contribution in [0.15, 0.2) is 69.0 Å². The van der Waals surface area contributed by atoms with E-state index in [2.05, 4.69) is 15.3 Å². The second-order valence-corrected chi connectivity index (χ2v) is 8.06. The second-order valence-electron chi connectivity index (χ2n) is 6.17. The van der Waals surface area contributed by atoms with Crippen molar-refractivity contribution in [3.05, 3.63) is 96.4 Å². The molecule has 3 heterocycles. The number of hydrogen-bond acceptors (Lipinski definition) is 6. The molecule has 0 aliphatic carbocycles. The molecule has 3 aromatic heterocycles. The van der Waals surface area contributed by atoms with Gasteiger partial charge in [-0.1, -0.05) is 36.4 Å². The van der Waals surface area contributed by atoms with E-state index in [1.165, 1.54) is 22.7 Å². The number of nitrogens with one attached hydrogen (secondary N) is 2. The van der Waals surface area contributed by atoms with Crippen molar-refractivity contribution < 1.29 is 4.79 Å². The van der Waals surface area contributed by atoms with Crippen LogP contribution in [0.25, 0.3) is 10.6 Å². The summed E-state index contributed by atoms with van der Waals surface area (Å²) >= 11 is 2.92. The van der Waals surface area contributed by atoms with Crippen molar-refractivity contribution in [1.82, 2.24) is 19.9 Å². The molecule has 0 atom stereocenters. The van der Waals surface area contributed by atoms with E-state index < -0.39 is 17.2 Å². The minimum atomic E-state index is -0.622. The van der Waals surface area contributed by atoms with E-state index in [0.717, 1.165) is 26.2 Å². The van der Waals surface area contributed by atoms with Crippen molar-refractivity contribution in [3.8, 4) is 10.6 Å². The monoisotopic (exact) mass is 424 g/mol. The summed E-state index contributed by atoms with van der Waals surface area (Å²) in [6, 6.07) is 13.4. The van der Waals surface area contributed by atoms with Crippen LogP contribution in [0, 0.1) is 0 Å². The maximum absolute atomic E-state index is 12.6. The lowest BCUT2D eigenvalue weighted by Crippen LogP contribution is -2.40. The fourth-order valence-corrected chi connectivity index (χ4v) is 4.26. The Balaban J connectivity index is 1.49. The van der Waals surface area contributed by atoms with Gasteiger partial charge in [0, 0.05) is 22.0 Å². The van der Waals surface area contributed by atoms with Crippen molar-refractivity contribution in [2.45, 2.75) is 13.1 Å². The molecule has 0 bridgehead atoms. The molecule has 4 aromatic rings. The highest BCUT2D eigenvalue weighted by atomic mass is 32.1. The molecule has 9 heteroatoms. The SMILES string of the molecule is O=C(NCc1csc(-c2ccccc2)n1)c1c[nH]c(=O)n(Cc2cccs2)c1=O. The van der Waals surface area contributed by atoms with Gasteiger partial charge in [-0.2, -0.15) is 0 Å². The lowest BCUT2D eigenvalue weighted by molar-refractivity contribution is 0.0947. The Bertz CT molecular complexity index is 1240. The summed E-state index contributed by atoms with van der Waals surface area (Å²) < 4.78 is 1.02. The highest BCUT2D eigenvalue weighted by Gasteiger charge is 2.15. The van der Waals surface area contributed by atoms with Gasteiger partial charge in [0.2, 0.25) is 0 Å². The molecule has 146 valence electrons. The number of carbonyl (C=O) groups excluding carboxylic acids is 1. The molecule has 0 radical (unpaired) electrons. The van der Waals surface area contributed by atoms with E-state index in [-0.39, 0.29) is 18.7 Å². The number of rotatable bonds is 6. The predicted molar refractivity (Wildman–Crippen MR) is 113 cm³/mol. The number of benzene rings is 1. The molecule has 4 rings (SSSR count). The number of hydrogen-bond donors (Lipinski definition) is 2. The van der Waals surface area contributed by atoms with Gasteiger partial charge in [-0.15, -0.1) is 22.7 Å². The summed E-state index contributed by atoms with van der Waals surface area (Å²) in [6.45, 7) is 0.311. The first kappa shape index (κ1) is 19.0. The third-order valence-electron chi connectivity index (χ3n) is 4.20. The van der Waals surface area contributed by atoms with Crippen LogP contribution in [0.5, 0.6) is 0 Å². The van der Waals surface area contributed by atoms with Crippen LogP contribution in [-0.4, -0.2) is 20.4 Å².